The molecule has 3 fully saturated rings. The van der Waals surface area contributed by atoms with Gasteiger partial charge in [0.25, 0.3) is 0 Å². The van der Waals surface area contributed by atoms with E-state index in [4.69, 9.17) is 9.47 Å². The minimum Gasteiger partial charge on any atom is -0.480 e. The summed E-state index contributed by atoms with van der Waals surface area (Å²) in [5.74, 6) is -2.06. The smallest absolute Gasteiger partial charge is 0.326 e. The molecule has 2 aliphatic heterocycles. The van der Waals surface area contributed by atoms with E-state index in [0.717, 1.165) is 25.7 Å². The third-order valence-electron chi connectivity index (χ3n) is 4.93. The fourth-order valence-electron chi connectivity index (χ4n) is 3.74. The van der Waals surface area contributed by atoms with Crippen molar-refractivity contribution in [3.63, 3.8) is 0 Å². The third kappa shape index (κ3) is 2.74. The lowest BCUT2D eigenvalue weighted by Gasteiger charge is -2.25. The van der Waals surface area contributed by atoms with Crippen LogP contribution in [0.4, 0.5) is 0 Å². The van der Waals surface area contributed by atoms with Gasteiger partial charge in [-0.25, -0.2) is 4.79 Å². The maximum atomic E-state index is 12.4. The summed E-state index contributed by atoms with van der Waals surface area (Å²) in [7, 11) is 0. The van der Waals surface area contributed by atoms with Crippen LogP contribution >= 0.6 is 12.6 Å². The second kappa shape index (κ2) is 6.02. The summed E-state index contributed by atoms with van der Waals surface area (Å²) < 4.78 is 12.2. The number of aliphatic carboxylic acids is 1. The van der Waals surface area contributed by atoms with Crippen molar-refractivity contribution < 1.29 is 24.2 Å². The first-order valence-electron chi connectivity index (χ1n) is 7.95. The number of carbonyl (C=O) groups is 2. The standard InChI is InChI=1S/C15H23NO5S/c1-9(7-22)13(17)16-8-15(6-10(16)14(18)19)20-11-4-2-3-5-12(11)21-15/h9-12,22H,2-8H2,1H3,(H,18,19)/t9?,10-,11+,12+/m0/s1. The van der Waals surface area contributed by atoms with Crippen LogP contribution in [0, 0.1) is 5.92 Å². The number of likely N-dealkylation sites (tertiary alicyclic amines) is 1. The Hall–Kier alpha value is -0.790. The van der Waals surface area contributed by atoms with Gasteiger partial charge in [-0.3, -0.25) is 4.79 Å². The Kier molecular flexibility index (Phi) is 4.40. The van der Waals surface area contributed by atoms with Gasteiger partial charge in [0.2, 0.25) is 5.91 Å². The van der Waals surface area contributed by atoms with E-state index < -0.39 is 17.8 Å². The molecule has 3 rings (SSSR count). The van der Waals surface area contributed by atoms with Gasteiger partial charge in [-0.15, -0.1) is 0 Å². The molecular formula is C15H23NO5S. The van der Waals surface area contributed by atoms with Crippen molar-refractivity contribution in [3.8, 4) is 0 Å². The summed E-state index contributed by atoms with van der Waals surface area (Å²) in [5.41, 5.74) is 0. The summed E-state index contributed by atoms with van der Waals surface area (Å²) in [5, 5.41) is 9.47. The van der Waals surface area contributed by atoms with E-state index in [-0.39, 0.29) is 37.0 Å². The van der Waals surface area contributed by atoms with Crippen molar-refractivity contribution >= 4 is 24.5 Å². The Bertz CT molecular complexity index is 457. The monoisotopic (exact) mass is 329 g/mol. The highest BCUT2D eigenvalue weighted by Crippen LogP contribution is 2.44. The van der Waals surface area contributed by atoms with Gasteiger partial charge in [0.05, 0.1) is 18.8 Å². The molecule has 0 bridgehead atoms. The number of ether oxygens (including phenoxy) is 2. The van der Waals surface area contributed by atoms with Crippen LogP contribution < -0.4 is 0 Å². The Morgan fingerprint density at radius 1 is 1.32 bits per heavy atom. The van der Waals surface area contributed by atoms with Crippen molar-refractivity contribution in [2.45, 2.75) is 63.1 Å². The van der Waals surface area contributed by atoms with Crippen molar-refractivity contribution in [2.75, 3.05) is 12.3 Å². The normalized spacial score (nSPS) is 34.6. The molecule has 1 saturated carbocycles. The number of amides is 1. The van der Waals surface area contributed by atoms with E-state index >= 15 is 0 Å². The highest BCUT2D eigenvalue weighted by Gasteiger charge is 2.57. The van der Waals surface area contributed by atoms with E-state index in [1.807, 2.05) is 0 Å². The molecule has 7 heteroatoms. The average Bonchev–Trinajstić information content (AvgIpc) is 3.05. The molecule has 2 saturated heterocycles. The average molecular weight is 329 g/mol. The van der Waals surface area contributed by atoms with Crippen LogP contribution in [0.1, 0.15) is 39.0 Å². The zero-order valence-electron chi connectivity index (χ0n) is 12.7. The fourth-order valence-corrected chi connectivity index (χ4v) is 3.89. The molecule has 1 N–H and O–H groups in total. The number of fused-ring (bicyclic) bond motifs is 1. The van der Waals surface area contributed by atoms with Gasteiger partial charge >= 0.3 is 5.97 Å². The van der Waals surface area contributed by atoms with Gasteiger partial charge < -0.3 is 19.5 Å². The first-order valence-corrected chi connectivity index (χ1v) is 8.59. The van der Waals surface area contributed by atoms with Crippen LogP contribution in [0.3, 0.4) is 0 Å². The molecule has 3 aliphatic rings. The van der Waals surface area contributed by atoms with Crippen molar-refractivity contribution in [1.29, 1.82) is 0 Å². The molecule has 22 heavy (non-hydrogen) atoms. The van der Waals surface area contributed by atoms with E-state index in [9.17, 15) is 14.7 Å². The molecule has 1 spiro atoms. The lowest BCUT2D eigenvalue weighted by molar-refractivity contribution is -0.168. The lowest BCUT2D eigenvalue weighted by Crippen LogP contribution is -2.44. The van der Waals surface area contributed by atoms with E-state index in [1.54, 1.807) is 6.92 Å². The Morgan fingerprint density at radius 2 is 1.91 bits per heavy atom. The number of hydrogen-bond acceptors (Lipinski definition) is 5. The molecule has 1 amide bonds. The van der Waals surface area contributed by atoms with Crippen molar-refractivity contribution in [1.82, 2.24) is 4.90 Å². The van der Waals surface area contributed by atoms with Crippen LogP contribution in [0.25, 0.3) is 0 Å². The lowest BCUT2D eigenvalue weighted by atomic mass is 9.95. The van der Waals surface area contributed by atoms with E-state index in [2.05, 4.69) is 12.6 Å². The zero-order valence-corrected chi connectivity index (χ0v) is 13.6. The van der Waals surface area contributed by atoms with Gasteiger partial charge in [0.1, 0.15) is 6.04 Å². The maximum Gasteiger partial charge on any atom is 0.326 e. The largest absolute Gasteiger partial charge is 0.480 e. The molecule has 0 radical (unpaired) electrons. The molecule has 1 aliphatic carbocycles. The predicted octanol–water partition coefficient (Wildman–Crippen LogP) is 1.29. The van der Waals surface area contributed by atoms with Crippen LogP contribution in [0.15, 0.2) is 0 Å². The SMILES string of the molecule is CC(CS)C(=O)N1CC2(C[C@H]1C(=O)O)O[C@@H]1CCCC[C@H]1O2. The second-order valence-corrected chi connectivity index (χ2v) is 6.98. The first kappa shape index (κ1) is 16.1. The second-order valence-electron chi connectivity index (χ2n) is 6.62. The number of thiol groups is 1. The highest BCUT2D eigenvalue weighted by atomic mass is 32.1. The van der Waals surface area contributed by atoms with Crippen LogP contribution in [0.5, 0.6) is 0 Å². The summed E-state index contributed by atoms with van der Waals surface area (Å²) in [6, 6.07) is -0.880. The molecule has 6 nitrogen and oxygen atoms in total. The van der Waals surface area contributed by atoms with E-state index in [1.165, 1.54) is 4.90 Å². The van der Waals surface area contributed by atoms with Crippen LogP contribution in [0.2, 0.25) is 0 Å². The highest BCUT2D eigenvalue weighted by molar-refractivity contribution is 7.80. The first-order chi connectivity index (χ1) is 10.5. The molecule has 4 atom stereocenters. The number of carbonyl (C=O) groups excluding carboxylic acids is 1. The number of carboxylic acid groups (broad SMARTS) is 1. The molecule has 1 unspecified atom stereocenters. The van der Waals surface area contributed by atoms with Gasteiger partial charge in [-0.1, -0.05) is 19.8 Å². The van der Waals surface area contributed by atoms with Gasteiger partial charge in [-0.2, -0.15) is 12.6 Å². The summed E-state index contributed by atoms with van der Waals surface area (Å²) in [6.07, 6.45) is 4.42. The third-order valence-corrected chi connectivity index (χ3v) is 5.48. The van der Waals surface area contributed by atoms with Gasteiger partial charge in [0.15, 0.2) is 5.79 Å². The molecule has 0 aromatic rings. The number of hydrogen-bond donors (Lipinski definition) is 2. The molecule has 2 heterocycles. The summed E-state index contributed by atoms with van der Waals surface area (Å²) >= 11 is 4.14. The quantitative estimate of drug-likeness (QED) is 0.763. The maximum absolute atomic E-state index is 12.4. The van der Waals surface area contributed by atoms with Crippen LogP contribution in [-0.2, 0) is 19.1 Å². The number of nitrogens with zero attached hydrogens (tertiary/aromatic N) is 1. The molecule has 0 aromatic carbocycles. The fraction of sp³-hybridized carbons (Fsp3) is 0.867. The van der Waals surface area contributed by atoms with Crippen molar-refractivity contribution in [2.24, 2.45) is 5.92 Å². The predicted molar refractivity (Wildman–Crippen MR) is 81.7 cm³/mol. The topological polar surface area (TPSA) is 76.1 Å². The molecular weight excluding hydrogens is 306 g/mol. The Labute approximate surface area is 135 Å². The molecule has 0 aromatic heterocycles. The molecule has 124 valence electrons. The zero-order chi connectivity index (χ0) is 15.9. The van der Waals surface area contributed by atoms with Gasteiger partial charge in [-0.05, 0) is 12.8 Å². The van der Waals surface area contributed by atoms with Gasteiger partial charge in [0, 0.05) is 18.1 Å². The minimum absolute atomic E-state index is 0.0422. The summed E-state index contributed by atoms with van der Waals surface area (Å²) in [6.45, 7) is 1.96. The Morgan fingerprint density at radius 3 is 2.41 bits per heavy atom. The minimum atomic E-state index is -1.00. The number of rotatable bonds is 3. The summed E-state index contributed by atoms with van der Waals surface area (Å²) in [4.78, 5) is 25.4. The van der Waals surface area contributed by atoms with Crippen LogP contribution in [-0.4, -0.2) is 58.2 Å². The van der Waals surface area contributed by atoms with E-state index in [0.29, 0.717) is 5.75 Å². The van der Waals surface area contributed by atoms with Crippen molar-refractivity contribution in [3.05, 3.63) is 0 Å². The number of carboxylic acids is 1. The Balaban J connectivity index is 1.78.